The summed E-state index contributed by atoms with van der Waals surface area (Å²) < 4.78 is 0. The monoisotopic (exact) mass is 374 g/mol. The lowest BCUT2D eigenvalue weighted by atomic mass is 9.47. The van der Waals surface area contributed by atoms with Gasteiger partial charge in [0.15, 0.2) is 10.9 Å². The molecule has 4 rings (SSSR count). The predicted octanol–water partition coefficient (Wildman–Crippen LogP) is 4.59. The third-order valence-electron chi connectivity index (χ3n) is 8.23. The molecule has 3 fully saturated rings. The van der Waals surface area contributed by atoms with Gasteiger partial charge in [-0.05, 0) is 62.4 Å². The van der Waals surface area contributed by atoms with Crippen LogP contribution in [-0.4, -0.2) is 22.4 Å². The van der Waals surface area contributed by atoms with E-state index in [0.717, 1.165) is 44.3 Å². The van der Waals surface area contributed by atoms with Crippen LogP contribution < -0.4 is 0 Å². The minimum atomic E-state index is -0.138. The number of carbonyl (C=O) groups excluding carboxylic acids is 3. The molecule has 0 radical (unpaired) electrons. The summed E-state index contributed by atoms with van der Waals surface area (Å²) in [6.07, 6.45) is 8.59. The second kappa shape index (κ2) is 6.32. The first kappa shape index (κ1) is 18.5. The lowest BCUT2D eigenvalue weighted by Crippen LogP contribution is -2.52. The van der Waals surface area contributed by atoms with Crippen molar-refractivity contribution in [1.29, 1.82) is 0 Å². The molecule has 0 saturated heterocycles. The summed E-state index contributed by atoms with van der Waals surface area (Å²) in [4.78, 5) is 36.7. The molecule has 4 heteroatoms. The number of hydrogen-bond acceptors (Lipinski definition) is 4. The van der Waals surface area contributed by atoms with E-state index in [-0.39, 0.29) is 27.6 Å². The molecule has 0 aromatic heterocycles. The van der Waals surface area contributed by atoms with Gasteiger partial charge in [-0.25, -0.2) is 0 Å². The minimum absolute atomic E-state index is 0.00334. The number of thioether (sulfide) groups is 1. The van der Waals surface area contributed by atoms with Crippen LogP contribution in [0.15, 0.2) is 11.6 Å². The second-order valence-corrected chi connectivity index (χ2v) is 10.6. The number of allylic oxidation sites excluding steroid dienone is 1. The number of rotatable bonds is 2. The highest BCUT2D eigenvalue weighted by atomic mass is 32.2. The van der Waals surface area contributed by atoms with Crippen LogP contribution in [0, 0.1) is 34.5 Å². The van der Waals surface area contributed by atoms with Crippen molar-refractivity contribution in [2.45, 2.75) is 65.7 Å². The van der Waals surface area contributed by atoms with Crippen molar-refractivity contribution >= 4 is 28.4 Å². The van der Waals surface area contributed by atoms with Crippen molar-refractivity contribution in [3.8, 4) is 0 Å². The highest BCUT2D eigenvalue weighted by molar-refractivity contribution is 8.13. The van der Waals surface area contributed by atoms with Crippen LogP contribution in [-0.2, 0) is 14.4 Å². The molecule has 0 aromatic carbocycles. The summed E-state index contributed by atoms with van der Waals surface area (Å²) in [6.45, 7) is 5.97. The van der Waals surface area contributed by atoms with Gasteiger partial charge in [-0.15, -0.1) is 0 Å². The Balaban J connectivity index is 1.71. The molecular formula is C22H30O3S. The predicted molar refractivity (Wildman–Crippen MR) is 104 cm³/mol. The molecule has 4 aliphatic carbocycles. The molecular weight excluding hydrogens is 344 g/mol. The SMILES string of the molecule is CC(=O)SC[C@]12CCC(=O)C=C1CC[C@@H]1[C@@H]2CC[C@]2(C)C(=O)C(C)C[C@@H]12. The largest absolute Gasteiger partial charge is 0.299 e. The van der Waals surface area contributed by atoms with E-state index in [1.54, 1.807) is 6.92 Å². The average Bonchev–Trinajstić information content (AvgIpc) is 2.84. The van der Waals surface area contributed by atoms with Gasteiger partial charge >= 0.3 is 0 Å². The van der Waals surface area contributed by atoms with Crippen molar-refractivity contribution in [1.82, 2.24) is 0 Å². The number of carbonyl (C=O) groups is 3. The maximum Gasteiger partial charge on any atom is 0.185 e. The van der Waals surface area contributed by atoms with E-state index >= 15 is 0 Å². The van der Waals surface area contributed by atoms with Gasteiger partial charge in [0.2, 0.25) is 0 Å². The summed E-state index contributed by atoms with van der Waals surface area (Å²) in [5, 5.41) is 0.170. The first-order valence-electron chi connectivity index (χ1n) is 10.2. The van der Waals surface area contributed by atoms with E-state index in [4.69, 9.17) is 0 Å². The Morgan fingerprint density at radius 2 is 1.96 bits per heavy atom. The van der Waals surface area contributed by atoms with Crippen LogP contribution in [0.5, 0.6) is 0 Å². The molecule has 1 unspecified atom stereocenters. The molecule has 0 aliphatic heterocycles. The van der Waals surface area contributed by atoms with Gasteiger partial charge in [0.05, 0.1) is 0 Å². The van der Waals surface area contributed by atoms with Crippen molar-refractivity contribution in [3.63, 3.8) is 0 Å². The Kier molecular flexibility index (Phi) is 4.49. The first-order valence-corrected chi connectivity index (χ1v) is 11.2. The van der Waals surface area contributed by atoms with Crippen molar-refractivity contribution in [2.75, 3.05) is 5.75 Å². The molecule has 0 amide bonds. The van der Waals surface area contributed by atoms with E-state index in [2.05, 4.69) is 13.8 Å². The Labute approximate surface area is 160 Å². The molecule has 26 heavy (non-hydrogen) atoms. The summed E-state index contributed by atoms with van der Waals surface area (Å²) in [6, 6.07) is 0. The Morgan fingerprint density at radius 3 is 2.69 bits per heavy atom. The molecule has 0 spiro atoms. The van der Waals surface area contributed by atoms with Crippen molar-refractivity contribution in [2.24, 2.45) is 34.5 Å². The van der Waals surface area contributed by atoms with Gasteiger partial charge in [-0.1, -0.05) is 31.2 Å². The van der Waals surface area contributed by atoms with E-state index in [1.165, 1.54) is 17.3 Å². The highest BCUT2D eigenvalue weighted by Gasteiger charge is 2.61. The Hall–Kier alpha value is -0.900. The third kappa shape index (κ3) is 2.58. The van der Waals surface area contributed by atoms with E-state index in [9.17, 15) is 14.4 Å². The molecule has 3 nitrogen and oxygen atoms in total. The first-order chi connectivity index (χ1) is 12.3. The molecule has 142 valence electrons. The zero-order valence-electron chi connectivity index (χ0n) is 16.2. The zero-order chi connectivity index (χ0) is 18.7. The van der Waals surface area contributed by atoms with Gasteiger partial charge in [0, 0.05) is 35.8 Å². The summed E-state index contributed by atoms with van der Waals surface area (Å²) in [7, 11) is 0. The van der Waals surface area contributed by atoms with Crippen LogP contribution >= 0.6 is 11.8 Å². The third-order valence-corrected chi connectivity index (χ3v) is 9.29. The van der Waals surface area contributed by atoms with Crippen molar-refractivity contribution < 1.29 is 14.4 Å². The number of fused-ring (bicyclic) bond motifs is 5. The lowest BCUT2D eigenvalue weighted by molar-refractivity contribution is -0.134. The van der Waals surface area contributed by atoms with Gasteiger partial charge in [0.1, 0.15) is 5.78 Å². The quantitative estimate of drug-likeness (QED) is 0.709. The standard InChI is InChI=1S/C22H30O3S/c1-13-10-19-17-5-4-15-11-16(24)6-9-22(15,12-26-14(2)23)18(17)7-8-21(19,3)20(13)25/h11,13,17-19H,4-10,12H2,1-3H3/t13?,17-,18+,19+,21+,22-/m1/s1. The molecule has 4 aliphatic rings. The maximum absolute atomic E-state index is 12.9. The molecule has 3 saturated carbocycles. The molecule has 0 N–H and O–H groups in total. The van der Waals surface area contributed by atoms with E-state index in [1.807, 2.05) is 6.08 Å². The normalized spacial score (nSPS) is 44.8. The molecule has 0 bridgehead atoms. The Morgan fingerprint density at radius 1 is 1.19 bits per heavy atom. The summed E-state index contributed by atoms with van der Waals surface area (Å²) >= 11 is 1.44. The molecule has 0 heterocycles. The fourth-order valence-corrected chi connectivity index (χ4v) is 7.98. The van der Waals surface area contributed by atoms with Crippen LogP contribution in [0.25, 0.3) is 0 Å². The maximum atomic E-state index is 12.9. The van der Waals surface area contributed by atoms with Gasteiger partial charge < -0.3 is 0 Å². The molecule has 6 atom stereocenters. The highest BCUT2D eigenvalue weighted by Crippen LogP contribution is 2.65. The van der Waals surface area contributed by atoms with Gasteiger partial charge in [-0.2, -0.15) is 0 Å². The second-order valence-electron chi connectivity index (χ2n) is 9.44. The van der Waals surface area contributed by atoms with Crippen LogP contribution in [0.2, 0.25) is 0 Å². The number of hydrogen-bond donors (Lipinski definition) is 0. The average molecular weight is 375 g/mol. The van der Waals surface area contributed by atoms with Crippen LogP contribution in [0.4, 0.5) is 0 Å². The fraction of sp³-hybridized carbons (Fsp3) is 0.773. The van der Waals surface area contributed by atoms with E-state index in [0.29, 0.717) is 30.0 Å². The number of Topliss-reactive ketones (excluding diaryl/α,β-unsaturated/α-hetero) is 1. The van der Waals surface area contributed by atoms with E-state index < -0.39 is 0 Å². The number of ketones is 2. The fourth-order valence-electron chi connectivity index (χ4n) is 6.97. The minimum Gasteiger partial charge on any atom is -0.299 e. The van der Waals surface area contributed by atoms with Crippen LogP contribution in [0.3, 0.4) is 0 Å². The molecule has 0 aromatic rings. The zero-order valence-corrected chi connectivity index (χ0v) is 17.0. The summed E-state index contributed by atoms with van der Waals surface area (Å²) in [5.74, 6) is 3.33. The van der Waals surface area contributed by atoms with Crippen LogP contribution in [0.1, 0.15) is 65.7 Å². The van der Waals surface area contributed by atoms with Crippen molar-refractivity contribution in [3.05, 3.63) is 11.6 Å². The summed E-state index contributed by atoms with van der Waals surface area (Å²) in [5.41, 5.74) is 1.18. The smallest absolute Gasteiger partial charge is 0.185 e. The van der Waals surface area contributed by atoms with Gasteiger partial charge in [0.25, 0.3) is 0 Å². The lowest BCUT2D eigenvalue weighted by Gasteiger charge is -2.57. The topological polar surface area (TPSA) is 51.2 Å². The van der Waals surface area contributed by atoms with Gasteiger partial charge in [-0.3, -0.25) is 14.4 Å². The Bertz CT molecular complexity index is 696.